The smallest absolute Gasteiger partial charge is 0.253 e. The molecule has 31 heavy (non-hydrogen) atoms. The molecular weight excluding hydrogens is 388 g/mol. The molecule has 2 aliphatic rings. The van der Waals surface area contributed by atoms with Crippen molar-refractivity contribution in [2.24, 2.45) is 0 Å². The highest BCUT2D eigenvalue weighted by molar-refractivity contribution is 5.94. The third-order valence-corrected chi connectivity index (χ3v) is 6.34. The van der Waals surface area contributed by atoms with Gasteiger partial charge in [0.1, 0.15) is 5.75 Å². The number of hydrogen-bond acceptors (Lipinski definition) is 3. The fraction of sp³-hybridized carbons (Fsp3) is 0.462. The molecule has 1 heterocycles. The molecule has 1 aliphatic heterocycles. The van der Waals surface area contributed by atoms with Gasteiger partial charge in [0.05, 0.1) is 6.10 Å². The van der Waals surface area contributed by atoms with Gasteiger partial charge in [0.2, 0.25) is 5.91 Å². The summed E-state index contributed by atoms with van der Waals surface area (Å²) >= 11 is 0. The number of rotatable bonds is 7. The average molecular weight is 421 g/mol. The van der Waals surface area contributed by atoms with Crippen molar-refractivity contribution >= 4 is 11.8 Å². The number of likely N-dealkylation sites (tertiary alicyclic amines) is 1. The maximum absolute atomic E-state index is 12.8. The molecule has 5 heteroatoms. The molecule has 0 spiro atoms. The zero-order valence-corrected chi connectivity index (χ0v) is 18.1. The van der Waals surface area contributed by atoms with Gasteiger partial charge < -0.3 is 15.0 Å². The van der Waals surface area contributed by atoms with Crippen LogP contribution >= 0.6 is 0 Å². The van der Waals surface area contributed by atoms with Crippen LogP contribution in [0.5, 0.6) is 5.75 Å². The Morgan fingerprint density at radius 1 is 0.903 bits per heavy atom. The van der Waals surface area contributed by atoms with Crippen LogP contribution in [0.15, 0.2) is 54.6 Å². The van der Waals surface area contributed by atoms with Crippen LogP contribution in [0.2, 0.25) is 0 Å². The maximum Gasteiger partial charge on any atom is 0.253 e. The largest absolute Gasteiger partial charge is 0.490 e. The van der Waals surface area contributed by atoms with E-state index < -0.39 is 0 Å². The van der Waals surface area contributed by atoms with E-state index in [2.05, 4.69) is 5.32 Å². The summed E-state index contributed by atoms with van der Waals surface area (Å²) in [5.74, 6) is 0.994. The molecule has 4 rings (SSSR count). The number of carbonyl (C=O) groups is 2. The van der Waals surface area contributed by atoms with E-state index in [0.717, 1.165) is 37.9 Å². The summed E-state index contributed by atoms with van der Waals surface area (Å²) < 4.78 is 5.99. The minimum atomic E-state index is 0.0567. The quantitative estimate of drug-likeness (QED) is 0.724. The Bertz CT molecular complexity index is 852. The molecular formula is C26H32N2O3. The van der Waals surface area contributed by atoms with E-state index in [1.165, 1.54) is 18.4 Å². The molecule has 1 N–H and O–H groups in total. The fourth-order valence-corrected chi connectivity index (χ4v) is 4.49. The fourth-order valence-electron chi connectivity index (χ4n) is 4.49. The first-order valence-corrected chi connectivity index (χ1v) is 11.6. The van der Waals surface area contributed by atoms with E-state index in [1.54, 1.807) is 0 Å². The number of piperidine rings is 1. The van der Waals surface area contributed by atoms with Crippen molar-refractivity contribution < 1.29 is 14.3 Å². The van der Waals surface area contributed by atoms with Gasteiger partial charge in [-0.3, -0.25) is 9.59 Å². The molecule has 0 atom stereocenters. The van der Waals surface area contributed by atoms with E-state index in [1.807, 2.05) is 59.5 Å². The first kappa shape index (κ1) is 21.4. The molecule has 2 aromatic carbocycles. The average Bonchev–Trinajstić information content (AvgIpc) is 3.32. The van der Waals surface area contributed by atoms with Crippen molar-refractivity contribution in [1.82, 2.24) is 10.2 Å². The zero-order chi connectivity index (χ0) is 21.5. The molecule has 1 saturated heterocycles. The highest BCUT2D eigenvalue weighted by Crippen LogP contribution is 2.24. The van der Waals surface area contributed by atoms with Gasteiger partial charge in [-0.2, -0.15) is 0 Å². The van der Waals surface area contributed by atoms with Crippen LogP contribution in [0, 0.1) is 0 Å². The van der Waals surface area contributed by atoms with Crippen LogP contribution in [0.25, 0.3) is 0 Å². The second-order valence-corrected chi connectivity index (χ2v) is 8.67. The van der Waals surface area contributed by atoms with Crippen LogP contribution in [0.3, 0.4) is 0 Å². The van der Waals surface area contributed by atoms with Crippen molar-refractivity contribution in [3.8, 4) is 5.75 Å². The standard InChI is InChI=1S/C26H32N2O3/c29-25(15-10-20-6-2-1-3-7-20)27-22-16-18-28(19-17-22)26(30)21-11-13-24(14-12-21)31-23-8-4-5-9-23/h1-3,6-7,11-14,22-23H,4-5,8-10,15-19H2,(H,27,29). The maximum atomic E-state index is 12.8. The van der Waals surface area contributed by atoms with Gasteiger partial charge in [-0.1, -0.05) is 30.3 Å². The van der Waals surface area contributed by atoms with Gasteiger partial charge in [0, 0.05) is 31.1 Å². The van der Waals surface area contributed by atoms with Crippen LogP contribution in [-0.4, -0.2) is 41.9 Å². The van der Waals surface area contributed by atoms with E-state index in [4.69, 9.17) is 4.74 Å². The molecule has 164 valence electrons. The Hall–Kier alpha value is -2.82. The second kappa shape index (κ2) is 10.5. The van der Waals surface area contributed by atoms with E-state index in [9.17, 15) is 9.59 Å². The lowest BCUT2D eigenvalue weighted by atomic mass is 10.0. The Balaban J connectivity index is 1.20. The number of amides is 2. The molecule has 0 aromatic heterocycles. The minimum absolute atomic E-state index is 0.0567. The number of hydrogen-bond donors (Lipinski definition) is 1. The lowest BCUT2D eigenvalue weighted by Crippen LogP contribution is -2.46. The normalized spacial score (nSPS) is 17.5. The van der Waals surface area contributed by atoms with Gasteiger partial charge in [-0.25, -0.2) is 0 Å². The van der Waals surface area contributed by atoms with Crippen molar-refractivity contribution in [3.05, 3.63) is 65.7 Å². The van der Waals surface area contributed by atoms with Gasteiger partial charge in [0.15, 0.2) is 0 Å². The Morgan fingerprint density at radius 3 is 2.26 bits per heavy atom. The monoisotopic (exact) mass is 420 g/mol. The molecule has 1 saturated carbocycles. The van der Waals surface area contributed by atoms with E-state index in [0.29, 0.717) is 31.2 Å². The van der Waals surface area contributed by atoms with Crippen LogP contribution in [0.4, 0.5) is 0 Å². The van der Waals surface area contributed by atoms with Crippen molar-refractivity contribution in [2.75, 3.05) is 13.1 Å². The minimum Gasteiger partial charge on any atom is -0.490 e. The number of aryl methyl sites for hydroxylation is 1. The highest BCUT2D eigenvalue weighted by Gasteiger charge is 2.25. The number of ether oxygens (including phenoxy) is 1. The SMILES string of the molecule is O=C(CCc1ccccc1)NC1CCN(C(=O)c2ccc(OC3CCCC3)cc2)CC1. The predicted molar refractivity (Wildman–Crippen MR) is 121 cm³/mol. The number of nitrogens with zero attached hydrogens (tertiary/aromatic N) is 1. The lowest BCUT2D eigenvalue weighted by molar-refractivity contribution is -0.122. The van der Waals surface area contributed by atoms with Crippen LogP contribution in [0.1, 0.15) is 60.9 Å². The van der Waals surface area contributed by atoms with Crippen LogP contribution in [-0.2, 0) is 11.2 Å². The summed E-state index contributed by atoms with van der Waals surface area (Å²) in [5.41, 5.74) is 1.88. The molecule has 5 nitrogen and oxygen atoms in total. The van der Waals surface area contributed by atoms with Crippen molar-refractivity contribution in [2.45, 2.75) is 63.5 Å². The van der Waals surface area contributed by atoms with Gasteiger partial charge >= 0.3 is 0 Å². The third-order valence-electron chi connectivity index (χ3n) is 6.34. The first-order chi connectivity index (χ1) is 15.2. The summed E-state index contributed by atoms with van der Waals surface area (Å²) in [6.07, 6.45) is 7.90. The summed E-state index contributed by atoms with van der Waals surface area (Å²) in [6.45, 7) is 1.34. The van der Waals surface area contributed by atoms with E-state index in [-0.39, 0.29) is 17.9 Å². The van der Waals surface area contributed by atoms with Gasteiger partial charge in [-0.15, -0.1) is 0 Å². The van der Waals surface area contributed by atoms with E-state index >= 15 is 0 Å². The molecule has 2 aromatic rings. The Morgan fingerprint density at radius 2 is 1.58 bits per heavy atom. The summed E-state index contributed by atoms with van der Waals surface area (Å²) in [6, 6.07) is 17.8. The van der Waals surface area contributed by atoms with Gasteiger partial charge in [0.25, 0.3) is 5.91 Å². The Labute approximate surface area is 184 Å². The number of carbonyl (C=O) groups excluding carboxylic acids is 2. The van der Waals surface area contributed by atoms with Crippen molar-refractivity contribution in [1.29, 1.82) is 0 Å². The topological polar surface area (TPSA) is 58.6 Å². The molecule has 0 unspecified atom stereocenters. The summed E-state index contributed by atoms with van der Waals surface area (Å²) in [7, 11) is 0. The molecule has 2 fully saturated rings. The highest BCUT2D eigenvalue weighted by atomic mass is 16.5. The first-order valence-electron chi connectivity index (χ1n) is 11.6. The van der Waals surface area contributed by atoms with Crippen LogP contribution < -0.4 is 10.1 Å². The number of nitrogens with one attached hydrogen (secondary N) is 1. The predicted octanol–water partition coefficient (Wildman–Crippen LogP) is 4.36. The second-order valence-electron chi connectivity index (χ2n) is 8.67. The molecule has 2 amide bonds. The molecule has 0 bridgehead atoms. The molecule has 1 aliphatic carbocycles. The third kappa shape index (κ3) is 6.09. The summed E-state index contributed by atoms with van der Waals surface area (Å²) in [5, 5.41) is 3.14. The van der Waals surface area contributed by atoms with Gasteiger partial charge in [-0.05, 0) is 74.8 Å². The number of benzene rings is 2. The lowest BCUT2D eigenvalue weighted by Gasteiger charge is -2.32. The van der Waals surface area contributed by atoms with Crippen molar-refractivity contribution in [3.63, 3.8) is 0 Å². The summed E-state index contributed by atoms with van der Waals surface area (Å²) in [4.78, 5) is 27.0. The Kier molecular flexibility index (Phi) is 7.23. The zero-order valence-electron chi connectivity index (χ0n) is 18.1. The molecule has 0 radical (unpaired) electrons.